The SMILES string of the molecule is CC1CN(CCCO)C(C)CN1C. The Hall–Kier alpha value is -0.120. The van der Waals surface area contributed by atoms with Gasteiger partial charge in [0.1, 0.15) is 0 Å². The molecular weight excluding hydrogens is 164 g/mol. The molecule has 0 aromatic heterocycles. The second-order valence-electron chi connectivity index (χ2n) is 4.21. The van der Waals surface area contributed by atoms with Gasteiger partial charge in [-0.05, 0) is 27.3 Å². The van der Waals surface area contributed by atoms with E-state index in [0.29, 0.717) is 18.7 Å². The molecule has 0 spiro atoms. The Labute approximate surface area is 81.3 Å². The van der Waals surface area contributed by atoms with Crippen LogP contribution >= 0.6 is 0 Å². The van der Waals surface area contributed by atoms with E-state index < -0.39 is 0 Å². The zero-order chi connectivity index (χ0) is 9.84. The molecule has 0 aromatic rings. The summed E-state index contributed by atoms with van der Waals surface area (Å²) in [5.74, 6) is 0. The Balaban J connectivity index is 2.37. The standard InChI is InChI=1S/C10H22N2O/c1-9-8-12(5-4-6-13)10(2)7-11(9)3/h9-10,13H,4-8H2,1-3H3. The summed E-state index contributed by atoms with van der Waals surface area (Å²) in [4.78, 5) is 4.88. The van der Waals surface area contributed by atoms with Crippen LogP contribution in [-0.4, -0.2) is 60.3 Å². The van der Waals surface area contributed by atoms with Gasteiger partial charge in [-0.15, -0.1) is 0 Å². The molecule has 0 aliphatic carbocycles. The summed E-state index contributed by atoms with van der Waals surface area (Å²) in [5.41, 5.74) is 0. The Morgan fingerprint density at radius 1 is 1.23 bits per heavy atom. The predicted molar refractivity (Wildman–Crippen MR) is 54.8 cm³/mol. The fourth-order valence-electron chi connectivity index (χ4n) is 1.96. The van der Waals surface area contributed by atoms with Crippen molar-refractivity contribution in [2.24, 2.45) is 0 Å². The van der Waals surface area contributed by atoms with Crippen LogP contribution in [0.5, 0.6) is 0 Å². The third kappa shape index (κ3) is 2.93. The van der Waals surface area contributed by atoms with Gasteiger partial charge in [-0.25, -0.2) is 0 Å². The van der Waals surface area contributed by atoms with Gasteiger partial charge in [0.15, 0.2) is 0 Å². The molecule has 1 aliphatic rings. The van der Waals surface area contributed by atoms with Gasteiger partial charge in [0.25, 0.3) is 0 Å². The second kappa shape index (κ2) is 4.94. The molecule has 0 amide bonds. The normalized spacial score (nSPS) is 32.3. The quantitative estimate of drug-likeness (QED) is 0.691. The summed E-state index contributed by atoms with van der Waals surface area (Å²) in [5, 5.41) is 8.76. The number of hydrogen-bond acceptors (Lipinski definition) is 3. The van der Waals surface area contributed by atoms with Crippen LogP contribution < -0.4 is 0 Å². The van der Waals surface area contributed by atoms with Gasteiger partial charge in [-0.3, -0.25) is 4.90 Å². The smallest absolute Gasteiger partial charge is 0.0443 e. The van der Waals surface area contributed by atoms with Gasteiger partial charge in [-0.2, -0.15) is 0 Å². The number of likely N-dealkylation sites (N-methyl/N-ethyl adjacent to an activating group) is 1. The monoisotopic (exact) mass is 186 g/mol. The lowest BCUT2D eigenvalue weighted by atomic mass is 10.1. The van der Waals surface area contributed by atoms with E-state index in [4.69, 9.17) is 5.11 Å². The highest BCUT2D eigenvalue weighted by atomic mass is 16.3. The molecule has 1 saturated heterocycles. The van der Waals surface area contributed by atoms with Gasteiger partial charge in [0.05, 0.1) is 0 Å². The summed E-state index contributed by atoms with van der Waals surface area (Å²) in [7, 11) is 2.19. The average molecular weight is 186 g/mol. The Bertz CT molecular complexity index is 152. The molecular formula is C10H22N2O. The molecule has 2 unspecified atom stereocenters. The maximum absolute atomic E-state index is 8.76. The largest absolute Gasteiger partial charge is 0.396 e. The Morgan fingerprint density at radius 3 is 2.54 bits per heavy atom. The molecule has 3 heteroatoms. The third-order valence-corrected chi connectivity index (χ3v) is 3.03. The first kappa shape index (κ1) is 11.0. The Kier molecular flexibility index (Phi) is 4.16. The van der Waals surface area contributed by atoms with E-state index in [9.17, 15) is 0 Å². The number of piperazine rings is 1. The van der Waals surface area contributed by atoms with E-state index in [1.807, 2.05) is 0 Å². The summed E-state index contributed by atoms with van der Waals surface area (Å²) in [6, 6.07) is 1.28. The van der Waals surface area contributed by atoms with Crippen molar-refractivity contribution in [2.45, 2.75) is 32.4 Å². The van der Waals surface area contributed by atoms with E-state index in [2.05, 4.69) is 30.7 Å². The topological polar surface area (TPSA) is 26.7 Å². The van der Waals surface area contributed by atoms with Crippen molar-refractivity contribution >= 4 is 0 Å². The van der Waals surface area contributed by atoms with Crippen LogP contribution in [0.2, 0.25) is 0 Å². The van der Waals surface area contributed by atoms with Gasteiger partial charge in [0, 0.05) is 38.3 Å². The average Bonchev–Trinajstić information content (AvgIpc) is 2.09. The minimum Gasteiger partial charge on any atom is -0.396 e. The summed E-state index contributed by atoms with van der Waals surface area (Å²) < 4.78 is 0. The minimum absolute atomic E-state index is 0.313. The van der Waals surface area contributed by atoms with Crippen molar-refractivity contribution in [3.63, 3.8) is 0 Å². The number of rotatable bonds is 3. The molecule has 0 radical (unpaired) electrons. The molecule has 2 atom stereocenters. The molecule has 0 aromatic carbocycles. The maximum atomic E-state index is 8.76. The van der Waals surface area contributed by atoms with Crippen LogP contribution in [0.15, 0.2) is 0 Å². The van der Waals surface area contributed by atoms with E-state index in [1.54, 1.807) is 0 Å². The number of nitrogens with zero attached hydrogens (tertiary/aromatic N) is 2. The van der Waals surface area contributed by atoms with Crippen LogP contribution in [0.1, 0.15) is 20.3 Å². The second-order valence-corrected chi connectivity index (χ2v) is 4.21. The lowest BCUT2D eigenvalue weighted by molar-refractivity contribution is 0.0557. The van der Waals surface area contributed by atoms with Crippen molar-refractivity contribution in [1.82, 2.24) is 9.80 Å². The van der Waals surface area contributed by atoms with E-state index in [1.165, 1.54) is 0 Å². The lowest BCUT2D eigenvalue weighted by Crippen LogP contribution is -2.55. The first-order chi connectivity index (χ1) is 6.15. The molecule has 13 heavy (non-hydrogen) atoms. The van der Waals surface area contributed by atoms with E-state index in [-0.39, 0.29) is 0 Å². The zero-order valence-corrected chi connectivity index (χ0v) is 9.03. The van der Waals surface area contributed by atoms with E-state index >= 15 is 0 Å². The van der Waals surface area contributed by atoms with Crippen LogP contribution in [-0.2, 0) is 0 Å². The number of aliphatic hydroxyl groups is 1. The van der Waals surface area contributed by atoms with Crippen LogP contribution in [0.25, 0.3) is 0 Å². The van der Waals surface area contributed by atoms with Crippen LogP contribution in [0.3, 0.4) is 0 Å². The predicted octanol–water partition coefficient (Wildman–Crippen LogP) is 0.393. The highest BCUT2D eigenvalue weighted by molar-refractivity contribution is 4.82. The Morgan fingerprint density at radius 2 is 1.92 bits per heavy atom. The highest BCUT2D eigenvalue weighted by Crippen LogP contribution is 2.13. The highest BCUT2D eigenvalue weighted by Gasteiger charge is 2.25. The molecule has 1 N–H and O–H groups in total. The minimum atomic E-state index is 0.313. The summed E-state index contributed by atoms with van der Waals surface area (Å²) in [6.45, 7) is 8.16. The lowest BCUT2D eigenvalue weighted by Gasteiger charge is -2.42. The molecule has 1 heterocycles. The number of hydrogen-bond donors (Lipinski definition) is 1. The fourth-order valence-corrected chi connectivity index (χ4v) is 1.96. The fraction of sp³-hybridized carbons (Fsp3) is 1.00. The molecule has 78 valence electrons. The van der Waals surface area contributed by atoms with Crippen molar-refractivity contribution in [3.8, 4) is 0 Å². The molecule has 1 fully saturated rings. The van der Waals surface area contributed by atoms with Gasteiger partial charge >= 0.3 is 0 Å². The van der Waals surface area contributed by atoms with Gasteiger partial charge < -0.3 is 10.0 Å². The van der Waals surface area contributed by atoms with Gasteiger partial charge in [-0.1, -0.05) is 0 Å². The number of aliphatic hydroxyl groups excluding tert-OH is 1. The summed E-state index contributed by atoms with van der Waals surface area (Å²) in [6.07, 6.45) is 0.904. The van der Waals surface area contributed by atoms with Gasteiger partial charge in [0.2, 0.25) is 0 Å². The molecule has 0 saturated carbocycles. The third-order valence-electron chi connectivity index (χ3n) is 3.03. The van der Waals surface area contributed by atoms with Crippen molar-refractivity contribution in [2.75, 3.05) is 33.3 Å². The molecule has 1 aliphatic heterocycles. The summed E-state index contributed by atoms with van der Waals surface area (Å²) >= 11 is 0. The van der Waals surface area contributed by atoms with Crippen LogP contribution in [0.4, 0.5) is 0 Å². The first-order valence-corrected chi connectivity index (χ1v) is 5.20. The molecule has 0 bridgehead atoms. The molecule has 3 nitrogen and oxygen atoms in total. The van der Waals surface area contributed by atoms with Crippen LogP contribution in [0, 0.1) is 0 Å². The molecule has 1 rings (SSSR count). The van der Waals surface area contributed by atoms with Crippen molar-refractivity contribution in [1.29, 1.82) is 0 Å². The van der Waals surface area contributed by atoms with E-state index in [0.717, 1.165) is 26.1 Å². The van der Waals surface area contributed by atoms with Crippen molar-refractivity contribution < 1.29 is 5.11 Å². The maximum Gasteiger partial charge on any atom is 0.0443 e. The van der Waals surface area contributed by atoms with Crippen molar-refractivity contribution in [3.05, 3.63) is 0 Å². The zero-order valence-electron chi connectivity index (χ0n) is 9.03. The first-order valence-electron chi connectivity index (χ1n) is 5.20.